The highest BCUT2D eigenvalue weighted by Gasteiger charge is 2.19. The zero-order valence-electron chi connectivity index (χ0n) is 17.8. The van der Waals surface area contributed by atoms with E-state index < -0.39 is 10.0 Å². The molecule has 0 bridgehead atoms. The van der Waals surface area contributed by atoms with Gasteiger partial charge in [0, 0.05) is 24.5 Å². The van der Waals surface area contributed by atoms with E-state index in [9.17, 15) is 8.42 Å². The summed E-state index contributed by atoms with van der Waals surface area (Å²) >= 11 is 0. The molecule has 4 aromatic rings. The molecule has 0 radical (unpaired) electrons. The van der Waals surface area contributed by atoms with E-state index in [-0.39, 0.29) is 10.7 Å². The van der Waals surface area contributed by atoms with Gasteiger partial charge in [0.05, 0.1) is 29.1 Å². The number of nitrogens with zero attached hydrogens (tertiary/aromatic N) is 3. The maximum absolute atomic E-state index is 12.9. The molecule has 168 valence electrons. The van der Waals surface area contributed by atoms with Crippen LogP contribution in [0, 0.1) is 0 Å². The first-order valence-corrected chi connectivity index (χ1v) is 12.1. The molecule has 2 N–H and O–H groups in total. The van der Waals surface area contributed by atoms with Crippen LogP contribution < -0.4 is 14.9 Å². The van der Waals surface area contributed by atoms with Crippen molar-refractivity contribution in [2.45, 2.75) is 4.90 Å². The molecular weight excluding hydrogens is 438 g/mol. The highest BCUT2D eigenvalue weighted by atomic mass is 32.2. The third-order valence-corrected chi connectivity index (χ3v) is 6.72. The van der Waals surface area contributed by atoms with E-state index >= 15 is 0 Å². The van der Waals surface area contributed by atoms with Crippen LogP contribution in [0.15, 0.2) is 83.8 Å². The van der Waals surface area contributed by atoms with E-state index in [0.717, 1.165) is 37.7 Å². The Bertz CT molecular complexity index is 1360. The summed E-state index contributed by atoms with van der Waals surface area (Å²) in [6.07, 6.45) is 0. The largest absolute Gasteiger partial charge is 0.378 e. The number of rotatable bonds is 6. The number of benzene rings is 3. The molecule has 2 heterocycles. The quantitative estimate of drug-likeness (QED) is 0.448. The van der Waals surface area contributed by atoms with E-state index in [1.54, 1.807) is 24.3 Å². The molecule has 8 nitrogen and oxygen atoms in total. The summed E-state index contributed by atoms with van der Waals surface area (Å²) in [7, 11) is -3.83. The molecule has 0 aliphatic carbocycles. The van der Waals surface area contributed by atoms with Crippen LogP contribution in [0.5, 0.6) is 0 Å². The highest BCUT2D eigenvalue weighted by Crippen LogP contribution is 2.28. The summed E-state index contributed by atoms with van der Waals surface area (Å²) in [4.78, 5) is 11.6. The fourth-order valence-electron chi connectivity index (χ4n) is 3.66. The summed E-state index contributed by atoms with van der Waals surface area (Å²) in [5.74, 6) is 0.460. The van der Waals surface area contributed by atoms with E-state index in [1.807, 2.05) is 42.5 Å². The number of anilines is 4. The lowest BCUT2D eigenvalue weighted by Gasteiger charge is -2.29. The monoisotopic (exact) mass is 461 g/mol. The first-order valence-electron chi connectivity index (χ1n) is 10.6. The second-order valence-electron chi connectivity index (χ2n) is 7.60. The molecule has 0 atom stereocenters. The first kappa shape index (κ1) is 21.2. The Hall–Kier alpha value is -3.69. The number of ether oxygens (including phenoxy) is 1. The molecule has 0 saturated carbocycles. The van der Waals surface area contributed by atoms with Gasteiger partial charge >= 0.3 is 0 Å². The van der Waals surface area contributed by atoms with Gasteiger partial charge in [-0.2, -0.15) is 0 Å². The number of para-hydroxylation sites is 2. The van der Waals surface area contributed by atoms with Gasteiger partial charge in [0.2, 0.25) is 0 Å². The van der Waals surface area contributed by atoms with Gasteiger partial charge in [0.1, 0.15) is 0 Å². The average Bonchev–Trinajstić information content (AvgIpc) is 2.86. The molecule has 9 heteroatoms. The van der Waals surface area contributed by atoms with Crippen molar-refractivity contribution < 1.29 is 13.2 Å². The Kier molecular flexibility index (Phi) is 5.80. The number of hydrogen-bond donors (Lipinski definition) is 2. The summed E-state index contributed by atoms with van der Waals surface area (Å²) < 4.78 is 33.9. The summed E-state index contributed by atoms with van der Waals surface area (Å²) in [6.45, 7) is 3.15. The molecule has 3 aromatic carbocycles. The molecule has 1 aromatic heterocycles. The van der Waals surface area contributed by atoms with Crippen molar-refractivity contribution in [3.05, 3.63) is 78.9 Å². The molecule has 33 heavy (non-hydrogen) atoms. The average molecular weight is 462 g/mol. The molecule has 0 unspecified atom stereocenters. The number of hydrogen-bond acceptors (Lipinski definition) is 7. The molecule has 1 saturated heterocycles. The van der Waals surface area contributed by atoms with Crippen LogP contribution in [0.2, 0.25) is 0 Å². The Balaban J connectivity index is 1.46. The molecule has 5 rings (SSSR count). The van der Waals surface area contributed by atoms with E-state index in [1.165, 1.54) is 12.1 Å². The van der Waals surface area contributed by atoms with Gasteiger partial charge in [-0.15, -0.1) is 0 Å². The predicted octanol–water partition coefficient (Wildman–Crippen LogP) is 4.01. The SMILES string of the molecule is O=S(=O)(Nc1nc2ccccc2nc1Nc1ccc(N2CCOCC2)cc1)c1ccccc1. The van der Waals surface area contributed by atoms with Crippen LogP contribution in [0.25, 0.3) is 11.0 Å². The zero-order chi connectivity index (χ0) is 22.7. The number of aromatic nitrogens is 2. The number of morpholine rings is 1. The third-order valence-electron chi connectivity index (χ3n) is 5.36. The number of nitrogens with one attached hydrogen (secondary N) is 2. The number of sulfonamides is 1. The van der Waals surface area contributed by atoms with Crippen molar-refractivity contribution >= 4 is 44.1 Å². The van der Waals surface area contributed by atoms with Gasteiger partial charge in [0.15, 0.2) is 11.6 Å². The molecule has 0 spiro atoms. The van der Waals surface area contributed by atoms with Crippen molar-refractivity contribution in [2.24, 2.45) is 0 Å². The molecule has 1 aliphatic rings. The Morgan fingerprint density at radius 2 is 1.36 bits per heavy atom. The topological polar surface area (TPSA) is 96.5 Å². The van der Waals surface area contributed by atoms with Crippen molar-refractivity contribution in [3.8, 4) is 0 Å². The van der Waals surface area contributed by atoms with Gasteiger partial charge in [-0.1, -0.05) is 30.3 Å². The van der Waals surface area contributed by atoms with Gasteiger partial charge in [-0.25, -0.2) is 18.4 Å². The van der Waals surface area contributed by atoms with E-state index in [4.69, 9.17) is 4.74 Å². The predicted molar refractivity (Wildman–Crippen MR) is 130 cm³/mol. The lowest BCUT2D eigenvalue weighted by atomic mass is 10.2. The highest BCUT2D eigenvalue weighted by molar-refractivity contribution is 7.92. The first-order chi connectivity index (χ1) is 16.1. The van der Waals surface area contributed by atoms with Crippen molar-refractivity contribution in [2.75, 3.05) is 41.2 Å². The summed E-state index contributed by atoms with van der Waals surface area (Å²) in [5, 5.41) is 3.23. The van der Waals surface area contributed by atoms with Crippen molar-refractivity contribution in [1.82, 2.24) is 9.97 Å². The minimum absolute atomic E-state index is 0.134. The zero-order valence-corrected chi connectivity index (χ0v) is 18.6. The molecular formula is C24H23N5O3S. The minimum atomic E-state index is -3.83. The van der Waals surface area contributed by atoms with Crippen molar-refractivity contribution in [1.29, 1.82) is 0 Å². The van der Waals surface area contributed by atoms with Crippen LogP contribution in [-0.4, -0.2) is 44.7 Å². The second-order valence-corrected chi connectivity index (χ2v) is 9.28. The van der Waals surface area contributed by atoms with Crippen LogP contribution >= 0.6 is 0 Å². The lowest BCUT2D eigenvalue weighted by Crippen LogP contribution is -2.36. The second kappa shape index (κ2) is 9.05. The van der Waals surface area contributed by atoms with Crippen LogP contribution in [-0.2, 0) is 14.8 Å². The standard InChI is InChI=1S/C24H23N5O3S/c30-33(31,20-6-2-1-3-7-20)28-24-23(26-21-8-4-5-9-22(21)27-24)25-18-10-12-19(13-11-18)29-14-16-32-17-15-29/h1-13H,14-17H2,(H,25,26)(H,27,28). The van der Waals surface area contributed by atoms with Gasteiger partial charge in [-0.3, -0.25) is 4.72 Å². The Morgan fingerprint density at radius 3 is 2.03 bits per heavy atom. The maximum atomic E-state index is 12.9. The Morgan fingerprint density at radius 1 is 0.758 bits per heavy atom. The summed E-state index contributed by atoms with van der Waals surface area (Å²) in [5.41, 5.74) is 3.14. The fourth-order valence-corrected chi connectivity index (χ4v) is 4.69. The Labute approximate surface area is 192 Å². The molecule has 0 amide bonds. The smallest absolute Gasteiger partial charge is 0.263 e. The van der Waals surface area contributed by atoms with Gasteiger partial charge in [-0.05, 0) is 48.5 Å². The number of fused-ring (bicyclic) bond motifs is 1. The van der Waals surface area contributed by atoms with Crippen molar-refractivity contribution in [3.63, 3.8) is 0 Å². The van der Waals surface area contributed by atoms with E-state index in [2.05, 4.69) is 24.9 Å². The third kappa shape index (κ3) is 4.74. The maximum Gasteiger partial charge on any atom is 0.263 e. The molecule has 1 fully saturated rings. The van der Waals surface area contributed by atoms with E-state index in [0.29, 0.717) is 16.9 Å². The minimum Gasteiger partial charge on any atom is -0.378 e. The normalized spacial score (nSPS) is 14.2. The summed E-state index contributed by atoms with van der Waals surface area (Å²) in [6, 6.07) is 23.5. The van der Waals surface area contributed by atoms with Gasteiger partial charge in [0.25, 0.3) is 10.0 Å². The van der Waals surface area contributed by atoms with Crippen LogP contribution in [0.4, 0.5) is 23.0 Å². The lowest BCUT2D eigenvalue weighted by molar-refractivity contribution is 0.122. The molecule has 1 aliphatic heterocycles. The van der Waals surface area contributed by atoms with Gasteiger partial charge < -0.3 is 15.0 Å². The van der Waals surface area contributed by atoms with Crippen LogP contribution in [0.1, 0.15) is 0 Å². The fraction of sp³-hybridized carbons (Fsp3) is 0.167. The van der Waals surface area contributed by atoms with Crippen LogP contribution in [0.3, 0.4) is 0 Å².